The second-order valence-electron chi connectivity index (χ2n) is 4.86. The molecule has 8 heteroatoms. The van der Waals surface area contributed by atoms with Crippen molar-refractivity contribution in [1.29, 1.82) is 0 Å². The number of H-pyrrole nitrogens is 1. The van der Waals surface area contributed by atoms with E-state index in [4.69, 9.17) is 10.8 Å². The first-order valence-electron chi connectivity index (χ1n) is 6.07. The fraction of sp³-hybridized carbons (Fsp3) is 0.545. The van der Waals surface area contributed by atoms with Crippen molar-refractivity contribution in [1.82, 2.24) is 19.5 Å². The van der Waals surface area contributed by atoms with Gasteiger partial charge in [0.2, 0.25) is 5.95 Å². The van der Waals surface area contributed by atoms with Crippen LogP contribution in [0.25, 0.3) is 11.2 Å². The Morgan fingerprint density at radius 2 is 2.37 bits per heavy atom. The molecule has 4 N–H and O–H groups in total. The predicted octanol–water partition coefficient (Wildman–Crippen LogP) is -0.0167. The zero-order valence-electron chi connectivity index (χ0n) is 10.1. The molecule has 1 aliphatic rings. The number of aliphatic hydroxyl groups excluding tert-OH is 1. The maximum Gasteiger partial charge on any atom is 0.280 e. The minimum atomic E-state index is -1.05. The number of halogens is 1. The van der Waals surface area contributed by atoms with Crippen molar-refractivity contribution >= 4 is 17.1 Å². The van der Waals surface area contributed by atoms with E-state index in [2.05, 4.69) is 15.0 Å². The van der Waals surface area contributed by atoms with Crippen LogP contribution in [0, 0.1) is 5.92 Å². The molecule has 0 unspecified atom stereocenters. The molecule has 2 aromatic rings. The van der Waals surface area contributed by atoms with Crippen molar-refractivity contribution < 1.29 is 9.50 Å². The number of nitrogens with zero attached hydrogens (tertiary/aromatic N) is 3. The van der Waals surface area contributed by atoms with Gasteiger partial charge in [0.15, 0.2) is 11.2 Å². The summed E-state index contributed by atoms with van der Waals surface area (Å²) in [5, 5.41) is 9.10. The van der Waals surface area contributed by atoms with Crippen molar-refractivity contribution in [3.63, 3.8) is 0 Å². The second kappa shape index (κ2) is 4.30. The molecule has 1 fully saturated rings. The summed E-state index contributed by atoms with van der Waals surface area (Å²) in [6.07, 6.45) is 1.21. The Bertz CT molecular complexity index is 667. The van der Waals surface area contributed by atoms with Gasteiger partial charge in [-0.3, -0.25) is 9.78 Å². The zero-order valence-corrected chi connectivity index (χ0v) is 10.1. The first kappa shape index (κ1) is 12.1. The van der Waals surface area contributed by atoms with Crippen LogP contribution in [-0.4, -0.2) is 37.4 Å². The first-order chi connectivity index (χ1) is 9.10. The lowest BCUT2D eigenvalue weighted by molar-refractivity contribution is 0.162. The molecule has 7 nitrogen and oxygen atoms in total. The number of hydrogen-bond acceptors (Lipinski definition) is 5. The van der Waals surface area contributed by atoms with Crippen LogP contribution in [-0.2, 0) is 0 Å². The van der Waals surface area contributed by atoms with E-state index in [1.165, 1.54) is 6.33 Å². The number of fused-ring (bicyclic) bond motifs is 1. The molecule has 0 radical (unpaired) electrons. The third-order valence-electron chi connectivity index (χ3n) is 3.66. The monoisotopic (exact) mass is 267 g/mol. The van der Waals surface area contributed by atoms with Crippen LogP contribution in [0.1, 0.15) is 18.9 Å². The number of nitrogens with two attached hydrogens (primary N) is 1. The largest absolute Gasteiger partial charge is 0.396 e. The van der Waals surface area contributed by atoms with Crippen LogP contribution in [0.15, 0.2) is 11.1 Å². The maximum absolute atomic E-state index is 13.7. The predicted molar refractivity (Wildman–Crippen MR) is 66.3 cm³/mol. The fourth-order valence-electron chi connectivity index (χ4n) is 2.67. The van der Waals surface area contributed by atoms with Crippen LogP contribution >= 0.6 is 0 Å². The highest BCUT2D eigenvalue weighted by Crippen LogP contribution is 2.37. The SMILES string of the molecule is Nc1nc2c(ncn2[C@@H]2C[C@H](CO)[C@@H](F)C2)c(=O)[nH]1. The molecule has 0 spiro atoms. The van der Waals surface area contributed by atoms with E-state index in [0.717, 1.165) is 0 Å². The van der Waals surface area contributed by atoms with Crippen LogP contribution in [0.4, 0.5) is 10.3 Å². The number of imidazole rings is 1. The molecular weight excluding hydrogens is 253 g/mol. The smallest absolute Gasteiger partial charge is 0.280 e. The number of nitrogen functional groups attached to an aromatic ring is 1. The molecule has 1 aliphatic carbocycles. The molecule has 1 saturated carbocycles. The van der Waals surface area contributed by atoms with Gasteiger partial charge in [0, 0.05) is 18.6 Å². The molecule has 0 amide bonds. The van der Waals surface area contributed by atoms with E-state index in [9.17, 15) is 9.18 Å². The number of anilines is 1. The third kappa shape index (κ3) is 1.88. The van der Waals surface area contributed by atoms with Crippen LogP contribution in [0.5, 0.6) is 0 Å². The van der Waals surface area contributed by atoms with E-state index in [-0.39, 0.29) is 36.5 Å². The van der Waals surface area contributed by atoms with Gasteiger partial charge in [-0.25, -0.2) is 9.37 Å². The van der Waals surface area contributed by atoms with Crippen molar-refractivity contribution in [3.8, 4) is 0 Å². The third-order valence-corrected chi connectivity index (χ3v) is 3.66. The van der Waals surface area contributed by atoms with Gasteiger partial charge in [-0.05, 0) is 12.8 Å². The highest BCUT2D eigenvalue weighted by atomic mass is 19.1. The lowest BCUT2D eigenvalue weighted by Gasteiger charge is -2.11. The average Bonchev–Trinajstić information content (AvgIpc) is 2.92. The number of aromatic amines is 1. The number of alkyl halides is 1. The number of aliphatic hydroxyl groups is 1. The molecular formula is C11H14FN5O2. The summed E-state index contributed by atoms with van der Waals surface area (Å²) in [5.74, 6) is -0.366. The highest BCUT2D eigenvalue weighted by Gasteiger charge is 2.35. The molecule has 0 aliphatic heterocycles. The number of aromatic nitrogens is 4. The van der Waals surface area contributed by atoms with Gasteiger partial charge in [0.1, 0.15) is 6.17 Å². The lowest BCUT2D eigenvalue weighted by atomic mass is 10.1. The van der Waals surface area contributed by atoms with E-state index >= 15 is 0 Å². The van der Waals surface area contributed by atoms with Crippen LogP contribution < -0.4 is 11.3 Å². The molecule has 0 bridgehead atoms. The van der Waals surface area contributed by atoms with Crippen molar-refractivity contribution in [2.75, 3.05) is 12.3 Å². The first-order valence-corrected chi connectivity index (χ1v) is 6.07. The number of rotatable bonds is 2. The fourth-order valence-corrected chi connectivity index (χ4v) is 2.67. The molecule has 2 aromatic heterocycles. The molecule has 2 heterocycles. The zero-order chi connectivity index (χ0) is 13.6. The Kier molecular flexibility index (Phi) is 2.74. The number of hydrogen-bond donors (Lipinski definition) is 3. The molecule has 0 saturated heterocycles. The average molecular weight is 267 g/mol. The van der Waals surface area contributed by atoms with Gasteiger partial charge in [0.05, 0.1) is 6.33 Å². The Balaban J connectivity index is 2.05. The number of nitrogens with one attached hydrogen (secondary N) is 1. The quantitative estimate of drug-likeness (QED) is 0.708. The summed E-state index contributed by atoms with van der Waals surface area (Å²) in [7, 11) is 0. The Morgan fingerprint density at radius 3 is 3.05 bits per heavy atom. The Labute approximate surface area is 107 Å². The summed E-state index contributed by atoms with van der Waals surface area (Å²) in [6.45, 7) is -0.180. The topological polar surface area (TPSA) is 110 Å². The minimum absolute atomic E-state index is 0.00718. The van der Waals surface area contributed by atoms with Gasteiger partial charge in [-0.2, -0.15) is 4.98 Å². The van der Waals surface area contributed by atoms with Gasteiger partial charge < -0.3 is 15.4 Å². The van der Waals surface area contributed by atoms with Crippen molar-refractivity contribution in [2.45, 2.75) is 25.1 Å². The normalized spacial score (nSPS) is 27.2. The van der Waals surface area contributed by atoms with E-state index < -0.39 is 11.7 Å². The molecule has 19 heavy (non-hydrogen) atoms. The van der Waals surface area contributed by atoms with Gasteiger partial charge >= 0.3 is 0 Å². The van der Waals surface area contributed by atoms with E-state index in [1.807, 2.05) is 0 Å². The minimum Gasteiger partial charge on any atom is -0.396 e. The van der Waals surface area contributed by atoms with Crippen molar-refractivity contribution in [3.05, 3.63) is 16.7 Å². The van der Waals surface area contributed by atoms with Crippen LogP contribution in [0.2, 0.25) is 0 Å². The van der Waals surface area contributed by atoms with Crippen LogP contribution in [0.3, 0.4) is 0 Å². The highest BCUT2D eigenvalue weighted by molar-refractivity contribution is 5.70. The van der Waals surface area contributed by atoms with Gasteiger partial charge in [0.25, 0.3) is 5.56 Å². The second-order valence-corrected chi connectivity index (χ2v) is 4.86. The summed E-state index contributed by atoms with van der Waals surface area (Å²) in [6, 6.07) is -0.161. The van der Waals surface area contributed by atoms with E-state index in [1.54, 1.807) is 4.57 Å². The lowest BCUT2D eigenvalue weighted by Crippen LogP contribution is -2.13. The summed E-state index contributed by atoms with van der Waals surface area (Å²) >= 11 is 0. The van der Waals surface area contributed by atoms with E-state index in [0.29, 0.717) is 12.1 Å². The van der Waals surface area contributed by atoms with Crippen molar-refractivity contribution in [2.24, 2.45) is 5.92 Å². The van der Waals surface area contributed by atoms with Gasteiger partial charge in [-0.1, -0.05) is 0 Å². The maximum atomic E-state index is 13.7. The molecule has 3 atom stereocenters. The Morgan fingerprint density at radius 1 is 1.58 bits per heavy atom. The summed E-state index contributed by atoms with van der Waals surface area (Å²) in [4.78, 5) is 22.1. The summed E-state index contributed by atoms with van der Waals surface area (Å²) < 4.78 is 15.4. The standard InChI is InChI=1S/C11H14FN5O2/c12-7-2-6(1-5(7)3-18)17-4-14-8-9(17)15-11(13)16-10(8)19/h4-7,18H,1-3H2,(H3,13,15,16,19)/t5-,6-,7+/m1/s1. The molecule has 3 rings (SSSR count). The molecule has 102 valence electrons. The molecule has 0 aromatic carbocycles. The summed E-state index contributed by atoms with van der Waals surface area (Å²) in [5.41, 5.74) is 5.65. The van der Waals surface area contributed by atoms with Gasteiger partial charge in [-0.15, -0.1) is 0 Å². The Hall–Kier alpha value is -1.96.